The number of hydrogen-bond acceptors (Lipinski definition) is 4. The van der Waals surface area contributed by atoms with Crippen LogP contribution < -0.4 is 11.1 Å². The van der Waals surface area contributed by atoms with E-state index in [1.54, 1.807) is 17.5 Å². The van der Waals surface area contributed by atoms with Crippen molar-refractivity contribution in [2.45, 2.75) is 19.4 Å². The second kappa shape index (κ2) is 4.99. The molecule has 0 saturated carbocycles. The lowest BCUT2D eigenvalue weighted by molar-refractivity contribution is 0.759. The van der Waals surface area contributed by atoms with Crippen LogP contribution in [0.15, 0.2) is 35.8 Å². The number of nitrogens with two attached hydrogens (primary N) is 1. The van der Waals surface area contributed by atoms with E-state index in [-0.39, 0.29) is 0 Å². The Morgan fingerprint density at radius 3 is 2.88 bits per heavy atom. The molecule has 4 heteroatoms. The summed E-state index contributed by atoms with van der Waals surface area (Å²) in [5.41, 5.74) is 6.29. The number of thiophene rings is 1. The topological polar surface area (TPSA) is 50.9 Å². The average Bonchev–Trinajstić information content (AvgIpc) is 2.82. The molecule has 3 nitrogen and oxygen atoms in total. The fourth-order valence-electron chi connectivity index (χ4n) is 1.53. The highest BCUT2D eigenvalue weighted by atomic mass is 32.1. The van der Waals surface area contributed by atoms with Crippen molar-refractivity contribution in [2.75, 3.05) is 11.1 Å². The Morgan fingerprint density at radius 2 is 2.31 bits per heavy atom. The molecule has 0 spiro atoms. The lowest BCUT2D eigenvalue weighted by atomic mass is 10.2. The summed E-state index contributed by atoms with van der Waals surface area (Å²) in [6.45, 7) is 2.16. The van der Waals surface area contributed by atoms with Crippen molar-refractivity contribution >= 4 is 22.8 Å². The van der Waals surface area contributed by atoms with Crippen molar-refractivity contribution in [3.05, 3.63) is 40.7 Å². The molecule has 0 aromatic carbocycles. The van der Waals surface area contributed by atoms with E-state index < -0.39 is 0 Å². The van der Waals surface area contributed by atoms with Gasteiger partial charge < -0.3 is 11.1 Å². The summed E-state index contributed by atoms with van der Waals surface area (Å²) < 4.78 is 0. The van der Waals surface area contributed by atoms with Crippen molar-refractivity contribution in [2.24, 2.45) is 0 Å². The lowest BCUT2D eigenvalue weighted by Crippen LogP contribution is -2.09. The largest absolute Gasteiger partial charge is 0.397 e. The summed E-state index contributed by atoms with van der Waals surface area (Å²) in [6.07, 6.45) is 2.70. The van der Waals surface area contributed by atoms with E-state index >= 15 is 0 Å². The number of anilines is 2. The highest BCUT2D eigenvalue weighted by molar-refractivity contribution is 7.10. The standard InChI is InChI=1S/C12H15N3S/c1-2-10(11-4-3-7-16-11)15-12-6-5-9(13)8-14-12/h3-8,10H,2,13H2,1H3,(H,14,15). The number of pyridine rings is 1. The van der Waals surface area contributed by atoms with Crippen LogP contribution in [-0.2, 0) is 0 Å². The SMILES string of the molecule is CCC(Nc1ccc(N)cn1)c1cccs1. The normalized spacial score (nSPS) is 12.3. The van der Waals surface area contributed by atoms with E-state index in [4.69, 9.17) is 5.73 Å². The van der Waals surface area contributed by atoms with Crippen LogP contribution in [0.2, 0.25) is 0 Å². The molecule has 0 aliphatic heterocycles. The molecule has 2 heterocycles. The van der Waals surface area contributed by atoms with Gasteiger partial charge in [-0.2, -0.15) is 0 Å². The first kappa shape index (κ1) is 11.0. The van der Waals surface area contributed by atoms with Gasteiger partial charge in [0.2, 0.25) is 0 Å². The summed E-state index contributed by atoms with van der Waals surface area (Å²) in [5.74, 6) is 0.870. The van der Waals surface area contributed by atoms with Crippen LogP contribution >= 0.6 is 11.3 Å². The van der Waals surface area contributed by atoms with Gasteiger partial charge in [0, 0.05) is 4.88 Å². The molecule has 2 rings (SSSR count). The second-order valence-electron chi connectivity index (χ2n) is 3.60. The number of rotatable bonds is 4. The Morgan fingerprint density at radius 1 is 1.44 bits per heavy atom. The third kappa shape index (κ3) is 2.52. The summed E-state index contributed by atoms with van der Waals surface area (Å²) in [6, 6.07) is 8.31. The molecule has 0 aliphatic rings. The maximum absolute atomic E-state index is 5.60. The molecule has 0 fully saturated rings. The third-order valence-electron chi connectivity index (χ3n) is 2.40. The monoisotopic (exact) mass is 233 g/mol. The van der Waals surface area contributed by atoms with E-state index in [1.165, 1.54) is 4.88 Å². The van der Waals surface area contributed by atoms with E-state index in [0.717, 1.165) is 12.2 Å². The van der Waals surface area contributed by atoms with E-state index in [0.29, 0.717) is 11.7 Å². The van der Waals surface area contributed by atoms with Crippen molar-refractivity contribution in [3.8, 4) is 0 Å². The van der Waals surface area contributed by atoms with Crippen LogP contribution in [0.25, 0.3) is 0 Å². The van der Waals surface area contributed by atoms with Gasteiger partial charge in [-0.25, -0.2) is 4.98 Å². The minimum Gasteiger partial charge on any atom is -0.397 e. The van der Waals surface area contributed by atoms with Gasteiger partial charge in [0.15, 0.2) is 0 Å². The average molecular weight is 233 g/mol. The molecular weight excluding hydrogens is 218 g/mol. The molecule has 16 heavy (non-hydrogen) atoms. The Kier molecular flexibility index (Phi) is 3.41. The van der Waals surface area contributed by atoms with Gasteiger partial charge in [-0.05, 0) is 30.0 Å². The lowest BCUT2D eigenvalue weighted by Gasteiger charge is -2.15. The molecule has 0 saturated heterocycles. The molecule has 1 unspecified atom stereocenters. The quantitative estimate of drug-likeness (QED) is 0.852. The zero-order valence-corrected chi connectivity index (χ0v) is 10.00. The first-order valence-corrected chi connectivity index (χ1v) is 6.19. The zero-order valence-electron chi connectivity index (χ0n) is 9.18. The number of nitrogens with zero attached hydrogens (tertiary/aromatic N) is 1. The van der Waals surface area contributed by atoms with Gasteiger partial charge in [0.25, 0.3) is 0 Å². The van der Waals surface area contributed by atoms with Crippen molar-refractivity contribution in [1.29, 1.82) is 0 Å². The maximum Gasteiger partial charge on any atom is 0.126 e. The van der Waals surface area contributed by atoms with Gasteiger partial charge in [-0.1, -0.05) is 13.0 Å². The van der Waals surface area contributed by atoms with Crippen LogP contribution in [0, 0.1) is 0 Å². The van der Waals surface area contributed by atoms with Crippen LogP contribution in [0.5, 0.6) is 0 Å². The minimum absolute atomic E-state index is 0.330. The van der Waals surface area contributed by atoms with Crippen LogP contribution in [0.4, 0.5) is 11.5 Å². The predicted molar refractivity (Wildman–Crippen MR) is 69.6 cm³/mol. The summed E-state index contributed by atoms with van der Waals surface area (Å²) in [7, 11) is 0. The van der Waals surface area contributed by atoms with Gasteiger partial charge in [0.05, 0.1) is 17.9 Å². The molecule has 2 aromatic rings. The molecule has 1 atom stereocenters. The van der Waals surface area contributed by atoms with E-state index in [2.05, 4.69) is 34.7 Å². The fraction of sp³-hybridized carbons (Fsp3) is 0.250. The second-order valence-corrected chi connectivity index (χ2v) is 4.58. The van der Waals surface area contributed by atoms with Gasteiger partial charge in [-0.15, -0.1) is 11.3 Å². The van der Waals surface area contributed by atoms with Crippen molar-refractivity contribution in [1.82, 2.24) is 4.98 Å². The molecule has 0 radical (unpaired) electrons. The van der Waals surface area contributed by atoms with Crippen molar-refractivity contribution in [3.63, 3.8) is 0 Å². The molecule has 0 bridgehead atoms. The summed E-state index contributed by atoms with van der Waals surface area (Å²) in [5, 5.41) is 5.50. The van der Waals surface area contributed by atoms with E-state index in [1.807, 2.05) is 12.1 Å². The summed E-state index contributed by atoms with van der Waals surface area (Å²) >= 11 is 1.76. The zero-order chi connectivity index (χ0) is 11.4. The Labute approximate surface area is 99.3 Å². The highest BCUT2D eigenvalue weighted by Crippen LogP contribution is 2.25. The van der Waals surface area contributed by atoms with Crippen LogP contribution in [0.3, 0.4) is 0 Å². The third-order valence-corrected chi connectivity index (χ3v) is 3.39. The highest BCUT2D eigenvalue weighted by Gasteiger charge is 2.10. The molecule has 0 aliphatic carbocycles. The Hall–Kier alpha value is -1.55. The smallest absolute Gasteiger partial charge is 0.126 e. The van der Waals surface area contributed by atoms with Gasteiger partial charge in [0.1, 0.15) is 5.82 Å². The molecule has 3 N–H and O–H groups in total. The molecule has 84 valence electrons. The fourth-order valence-corrected chi connectivity index (χ4v) is 2.39. The van der Waals surface area contributed by atoms with Crippen LogP contribution in [0.1, 0.15) is 24.3 Å². The molecule has 0 amide bonds. The number of nitrogens with one attached hydrogen (secondary N) is 1. The first-order chi connectivity index (χ1) is 7.79. The Bertz CT molecular complexity index is 422. The van der Waals surface area contributed by atoms with Gasteiger partial charge in [-0.3, -0.25) is 0 Å². The maximum atomic E-state index is 5.60. The predicted octanol–water partition coefficient (Wildman–Crippen LogP) is 3.29. The summed E-state index contributed by atoms with van der Waals surface area (Å²) in [4.78, 5) is 5.58. The minimum atomic E-state index is 0.330. The van der Waals surface area contributed by atoms with E-state index in [9.17, 15) is 0 Å². The number of aromatic nitrogens is 1. The van der Waals surface area contributed by atoms with Gasteiger partial charge >= 0.3 is 0 Å². The molecule has 2 aromatic heterocycles. The number of nitrogen functional groups attached to an aromatic ring is 1. The molecular formula is C12H15N3S. The first-order valence-electron chi connectivity index (χ1n) is 5.31. The number of hydrogen-bond donors (Lipinski definition) is 2. The van der Waals surface area contributed by atoms with Crippen LogP contribution in [-0.4, -0.2) is 4.98 Å². The Balaban J connectivity index is 2.10. The van der Waals surface area contributed by atoms with Crippen molar-refractivity contribution < 1.29 is 0 Å².